The third-order valence-corrected chi connectivity index (χ3v) is 5.75. The van der Waals surface area contributed by atoms with Gasteiger partial charge in [-0.1, -0.05) is 6.07 Å². The van der Waals surface area contributed by atoms with Crippen LogP contribution in [0.15, 0.2) is 35.0 Å². The summed E-state index contributed by atoms with van der Waals surface area (Å²) in [5.41, 5.74) is 1.39. The molecule has 0 spiro atoms. The molecule has 10 heteroatoms. The standard InChI is InChI=1S/C20H21N3O5S2/c1-26-14-7-12(8-15(27-2)18(14)28-3)10-21-17(24)9-13-11-30-20(22-13)23-19(25)16-5-4-6-29-16/h4-8,11H,9-10H2,1-3H3,(H,21,24)(H,22,23,25). The number of carbonyl (C=O) groups excluding carboxylic acids is 2. The number of nitrogens with zero attached hydrogens (tertiary/aromatic N) is 1. The Morgan fingerprint density at radius 2 is 1.80 bits per heavy atom. The Balaban J connectivity index is 1.56. The maximum absolute atomic E-state index is 12.3. The maximum atomic E-state index is 12.3. The van der Waals surface area contributed by atoms with E-state index in [9.17, 15) is 9.59 Å². The summed E-state index contributed by atoms with van der Waals surface area (Å²) < 4.78 is 15.9. The SMILES string of the molecule is COc1cc(CNC(=O)Cc2csc(NC(=O)c3cccs3)n2)cc(OC)c1OC. The fourth-order valence-electron chi connectivity index (χ4n) is 2.68. The molecule has 0 unspecified atom stereocenters. The molecule has 0 saturated carbocycles. The molecule has 3 rings (SSSR count). The van der Waals surface area contributed by atoms with Crippen LogP contribution in [0.25, 0.3) is 0 Å². The maximum Gasteiger partial charge on any atom is 0.267 e. The summed E-state index contributed by atoms with van der Waals surface area (Å²) in [7, 11) is 4.61. The number of ether oxygens (including phenoxy) is 3. The van der Waals surface area contributed by atoms with Gasteiger partial charge < -0.3 is 19.5 Å². The molecule has 0 bridgehead atoms. The van der Waals surface area contributed by atoms with Crippen molar-refractivity contribution in [3.05, 3.63) is 51.2 Å². The number of amides is 2. The number of nitrogens with one attached hydrogen (secondary N) is 2. The summed E-state index contributed by atoms with van der Waals surface area (Å²) in [5, 5.41) is 9.63. The number of hydrogen-bond donors (Lipinski definition) is 2. The Bertz CT molecular complexity index is 992. The van der Waals surface area contributed by atoms with Crippen molar-refractivity contribution in [3.63, 3.8) is 0 Å². The van der Waals surface area contributed by atoms with E-state index in [0.29, 0.717) is 39.5 Å². The number of thiazole rings is 1. The lowest BCUT2D eigenvalue weighted by Gasteiger charge is -2.14. The Morgan fingerprint density at radius 1 is 1.07 bits per heavy atom. The van der Waals surface area contributed by atoms with E-state index in [1.807, 2.05) is 11.4 Å². The molecule has 0 aliphatic carbocycles. The number of carbonyl (C=O) groups is 2. The molecule has 30 heavy (non-hydrogen) atoms. The Morgan fingerprint density at radius 3 is 2.40 bits per heavy atom. The highest BCUT2D eigenvalue weighted by atomic mass is 32.1. The molecule has 2 heterocycles. The molecule has 0 radical (unpaired) electrons. The van der Waals surface area contributed by atoms with Crippen LogP contribution >= 0.6 is 22.7 Å². The minimum Gasteiger partial charge on any atom is -0.493 e. The molecule has 3 aromatic rings. The van der Waals surface area contributed by atoms with Crippen LogP contribution in [-0.2, 0) is 17.8 Å². The highest BCUT2D eigenvalue weighted by Gasteiger charge is 2.15. The van der Waals surface area contributed by atoms with Crippen molar-refractivity contribution in [1.82, 2.24) is 10.3 Å². The van der Waals surface area contributed by atoms with Crippen molar-refractivity contribution in [2.24, 2.45) is 0 Å². The van der Waals surface area contributed by atoms with Crippen molar-refractivity contribution in [2.45, 2.75) is 13.0 Å². The minimum absolute atomic E-state index is 0.107. The number of hydrogen-bond acceptors (Lipinski definition) is 8. The van der Waals surface area contributed by atoms with Crippen LogP contribution in [-0.4, -0.2) is 38.1 Å². The van der Waals surface area contributed by atoms with Gasteiger partial charge in [0.05, 0.1) is 38.3 Å². The molecule has 2 aromatic heterocycles. The van der Waals surface area contributed by atoms with Crippen LogP contribution in [0.5, 0.6) is 17.2 Å². The number of benzene rings is 1. The van der Waals surface area contributed by atoms with Gasteiger partial charge in [0.2, 0.25) is 11.7 Å². The summed E-state index contributed by atoms with van der Waals surface area (Å²) in [6, 6.07) is 7.11. The first-order valence-electron chi connectivity index (χ1n) is 8.89. The first kappa shape index (κ1) is 21.6. The van der Waals surface area contributed by atoms with Gasteiger partial charge >= 0.3 is 0 Å². The zero-order valence-electron chi connectivity index (χ0n) is 16.7. The lowest BCUT2D eigenvalue weighted by Crippen LogP contribution is -2.24. The average molecular weight is 448 g/mol. The van der Waals surface area contributed by atoms with Gasteiger partial charge in [0.1, 0.15) is 0 Å². The number of rotatable bonds is 9. The molecule has 2 amide bonds. The normalized spacial score (nSPS) is 10.4. The van der Waals surface area contributed by atoms with Crippen LogP contribution in [0.1, 0.15) is 20.9 Å². The summed E-state index contributed by atoms with van der Waals surface area (Å²) >= 11 is 2.63. The second-order valence-corrected chi connectivity index (χ2v) is 7.87. The first-order chi connectivity index (χ1) is 14.5. The van der Waals surface area contributed by atoms with Crippen molar-refractivity contribution < 1.29 is 23.8 Å². The molecule has 2 N–H and O–H groups in total. The van der Waals surface area contributed by atoms with Crippen molar-refractivity contribution in [3.8, 4) is 17.2 Å². The van der Waals surface area contributed by atoms with E-state index in [-0.39, 0.29) is 18.2 Å². The second-order valence-electron chi connectivity index (χ2n) is 6.06. The van der Waals surface area contributed by atoms with Gasteiger partial charge in [0.25, 0.3) is 5.91 Å². The molecule has 1 aromatic carbocycles. The highest BCUT2D eigenvalue weighted by molar-refractivity contribution is 7.14. The van der Waals surface area contributed by atoms with Gasteiger partial charge in [-0.2, -0.15) is 0 Å². The van der Waals surface area contributed by atoms with Crippen LogP contribution in [0.2, 0.25) is 0 Å². The van der Waals surface area contributed by atoms with Crippen LogP contribution < -0.4 is 24.8 Å². The predicted octanol–water partition coefficient (Wildman–Crippen LogP) is 3.34. The third-order valence-electron chi connectivity index (χ3n) is 4.07. The third kappa shape index (κ3) is 5.28. The van der Waals surface area contributed by atoms with E-state index >= 15 is 0 Å². The summed E-state index contributed by atoms with van der Waals surface area (Å²) in [5.74, 6) is 1.14. The minimum atomic E-state index is -0.210. The lowest BCUT2D eigenvalue weighted by atomic mass is 10.1. The van der Waals surface area contributed by atoms with Gasteiger partial charge in [-0.15, -0.1) is 22.7 Å². The quantitative estimate of drug-likeness (QED) is 0.522. The van der Waals surface area contributed by atoms with Gasteiger partial charge in [0, 0.05) is 11.9 Å². The topological polar surface area (TPSA) is 98.8 Å². The van der Waals surface area contributed by atoms with Gasteiger partial charge in [-0.05, 0) is 29.1 Å². The summed E-state index contributed by atoms with van der Waals surface area (Å²) in [4.78, 5) is 29.3. The first-order valence-corrected chi connectivity index (χ1v) is 10.6. The number of anilines is 1. The molecule has 158 valence electrons. The number of methoxy groups -OCH3 is 3. The van der Waals surface area contributed by atoms with Crippen LogP contribution in [0.3, 0.4) is 0 Å². The zero-order valence-corrected chi connectivity index (χ0v) is 18.3. The zero-order chi connectivity index (χ0) is 21.5. The predicted molar refractivity (Wildman–Crippen MR) is 116 cm³/mol. The largest absolute Gasteiger partial charge is 0.493 e. The highest BCUT2D eigenvalue weighted by Crippen LogP contribution is 2.38. The lowest BCUT2D eigenvalue weighted by molar-refractivity contribution is -0.120. The molecule has 0 aliphatic rings. The van der Waals surface area contributed by atoms with E-state index in [1.54, 1.807) is 23.6 Å². The van der Waals surface area contributed by atoms with E-state index in [4.69, 9.17) is 14.2 Å². The molecule has 8 nitrogen and oxygen atoms in total. The van der Waals surface area contributed by atoms with Gasteiger partial charge in [0.15, 0.2) is 16.6 Å². The molecular weight excluding hydrogens is 426 g/mol. The molecule has 0 fully saturated rings. The number of thiophene rings is 1. The van der Waals surface area contributed by atoms with Crippen molar-refractivity contribution in [2.75, 3.05) is 26.6 Å². The van der Waals surface area contributed by atoms with Gasteiger partial charge in [-0.3, -0.25) is 14.9 Å². The molecule has 0 atom stereocenters. The van der Waals surface area contributed by atoms with E-state index < -0.39 is 0 Å². The Hall–Kier alpha value is -3.11. The molecule has 0 saturated heterocycles. The fraction of sp³-hybridized carbons (Fsp3) is 0.250. The smallest absolute Gasteiger partial charge is 0.267 e. The van der Waals surface area contributed by atoms with Gasteiger partial charge in [-0.25, -0.2) is 4.98 Å². The van der Waals surface area contributed by atoms with E-state index in [0.717, 1.165) is 5.56 Å². The number of aromatic nitrogens is 1. The van der Waals surface area contributed by atoms with Crippen molar-refractivity contribution >= 4 is 39.6 Å². The van der Waals surface area contributed by atoms with Crippen LogP contribution in [0.4, 0.5) is 5.13 Å². The molecule has 0 aliphatic heterocycles. The molecular formula is C20H21N3O5S2. The van der Waals surface area contributed by atoms with Crippen molar-refractivity contribution in [1.29, 1.82) is 0 Å². The Kier molecular flexibility index (Phi) is 7.26. The average Bonchev–Trinajstić information content (AvgIpc) is 3.43. The van der Waals surface area contributed by atoms with Crippen LogP contribution in [0, 0.1) is 0 Å². The van der Waals surface area contributed by atoms with E-state index in [1.165, 1.54) is 44.0 Å². The fourth-order valence-corrected chi connectivity index (χ4v) is 4.00. The van der Waals surface area contributed by atoms with E-state index in [2.05, 4.69) is 15.6 Å². The Labute approximate surface area is 181 Å². The second kappa shape index (κ2) is 10.1. The monoisotopic (exact) mass is 447 g/mol. The summed E-state index contributed by atoms with van der Waals surface area (Å²) in [6.45, 7) is 0.293. The summed E-state index contributed by atoms with van der Waals surface area (Å²) in [6.07, 6.45) is 0.107.